The van der Waals surface area contributed by atoms with Crippen LogP contribution in [0.15, 0.2) is 35.1 Å². The van der Waals surface area contributed by atoms with Crippen LogP contribution in [0.5, 0.6) is 0 Å². The van der Waals surface area contributed by atoms with Gasteiger partial charge in [-0.25, -0.2) is 0 Å². The summed E-state index contributed by atoms with van der Waals surface area (Å²) in [6.45, 7) is 6.64. The lowest BCUT2D eigenvalue weighted by Crippen LogP contribution is -2.38. The zero-order chi connectivity index (χ0) is 14.0. The molecule has 1 aromatic carbocycles. The summed E-state index contributed by atoms with van der Waals surface area (Å²) in [5.41, 5.74) is 1.40. The molecule has 4 nitrogen and oxygen atoms in total. The molecule has 1 atom stereocenters. The molecule has 0 bridgehead atoms. The van der Waals surface area contributed by atoms with Crippen LogP contribution in [-0.4, -0.2) is 22.2 Å². The average Bonchev–Trinajstić information content (AvgIpc) is 2.34. The molecule has 4 heteroatoms. The lowest BCUT2D eigenvalue weighted by Gasteiger charge is -2.23. The van der Waals surface area contributed by atoms with Gasteiger partial charge in [-0.05, 0) is 38.5 Å². The Hall–Kier alpha value is -1.65. The van der Waals surface area contributed by atoms with E-state index in [0.717, 1.165) is 16.5 Å². The third-order valence-corrected chi connectivity index (χ3v) is 2.98. The predicted molar refractivity (Wildman–Crippen MR) is 77.3 cm³/mol. The molecular formula is C15H20N2O2. The number of aliphatic hydroxyl groups is 1. The Morgan fingerprint density at radius 1 is 1.26 bits per heavy atom. The molecule has 1 heterocycles. The van der Waals surface area contributed by atoms with Gasteiger partial charge in [0.15, 0.2) is 0 Å². The fourth-order valence-corrected chi connectivity index (χ4v) is 2.01. The van der Waals surface area contributed by atoms with E-state index >= 15 is 0 Å². The van der Waals surface area contributed by atoms with Crippen LogP contribution in [-0.2, 0) is 0 Å². The zero-order valence-corrected chi connectivity index (χ0v) is 11.5. The smallest absolute Gasteiger partial charge is 0.248 e. The predicted octanol–water partition coefficient (Wildman–Crippen LogP) is 1.95. The van der Waals surface area contributed by atoms with Gasteiger partial charge in [0.05, 0.1) is 6.10 Å². The number of H-pyrrole nitrogens is 1. The summed E-state index contributed by atoms with van der Waals surface area (Å²) in [6.07, 6.45) is -0.603. The van der Waals surface area contributed by atoms with Crippen LogP contribution < -0.4 is 10.9 Å². The van der Waals surface area contributed by atoms with Crippen molar-refractivity contribution in [1.82, 2.24) is 10.3 Å². The zero-order valence-electron chi connectivity index (χ0n) is 11.5. The minimum atomic E-state index is -0.603. The fourth-order valence-electron chi connectivity index (χ4n) is 2.01. The first-order chi connectivity index (χ1) is 8.87. The first-order valence-corrected chi connectivity index (χ1v) is 6.42. The normalized spacial score (nSPS) is 13.7. The van der Waals surface area contributed by atoms with Crippen LogP contribution >= 0.6 is 0 Å². The molecule has 0 aliphatic carbocycles. The maximum absolute atomic E-state index is 11.3. The van der Waals surface area contributed by atoms with Gasteiger partial charge in [0.1, 0.15) is 0 Å². The number of aromatic nitrogens is 1. The second-order valence-corrected chi connectivity index (χ2v) is 5.78. The molecule has 2 aromatic rings. The number of nitrogens with one attached hydrogen (secondary N) is 2. The molecule has 0 aliphatic heterocycles. The number of rotatable bonds is 3. The van der Waals surface area contributed by atoms with Gasteiger partial charge >= 0.3 is 0 Å². The fraction of sp³-hybridized carbons (Fsp3) is 0.400. The van der Waals surface area contributed by atoms with Gasteiger partial charge in [0, 0.05) is 29.1 Å². The summed E-state index contributed by atoms with van der Waals surface area (Å²) in [5.74, 6) is 0. The molecule has 0 spiro atoms. The van der Waals surface area contributed by atoms with Gasteiger partial charge < -0.3 is 15.4 Å². The largest absolute Gasteiger partial charge is 0.387 e. The van der Waals surface area contributed by atoms with E-state index in [0.29, 0.717) is 6.54 Å². The van der Waals surface area contributed by atoms with Crippen molar-refractivity contribution in [3.8, 4) is 0 Å². The van der Waals surface area contributed by atoms with Crippen molar-refractivity contribution in [2.24, 2.45) is 0 Å². The van der Waals surface area contributed by atoms with Crippen molar-refractivity contribution >= 4 is 10.9 Å². The van der Waals surface area contributed by atoms with Gasteiger partial charge in [-0.15, -0.1) is 0 Å². The van der Waals surface area contributed by atoms with E-state index in [4.69, 9.17) is 0 Å². The SMILES string of the molecule is CC(C)(C)NCC(O)c1cccc2[nH]c(=O)ccc12. The number of benzene rings is 1. The highest BCUT2D eigenvalue weighted by atomic mass is 16.3. The van der Waals surface area contributed by atoms with E-state index in [1.54, 1.807) is 6.07 Å². The van der Waals surface area contributed by atoms with Crippen molar-refractivity contribution in [2.45, 2.75) is 32.4 Å². The Morgan fingerprint density at radius 2 is 2.00 bits per heavy atom. The standard InChI is InChI=1S/C15H20N2O2/c1-15(2,3)16-9-13(18)11-5-4-6-12-10(11)7-8-14(19)17-12/h4-8,13,16,18H,9H2,1-3H3,(H,17,19). The highest BCUT2D eigenvalue weighted by molar-refractivity contribution is 5.82. The molecule has 102 valence electrons. The number of fused-ring (bicyclic) bond motifs is 1. The summed E-state index contributed by atoms with van der Waals surface area (Å²) in [7, 11) is 0. The first-order valence-electron chi connectivity index (χ1n) is 6.42. The maximum atomic E-state index is 11.3. The van der Waals surface area contributed by atoms with Crippen LogP contribution in [0.1, 0.15) is 32.4 Å². The van der Waals surface area contributed by atoms with Gasteiger partial charge in [0.25, 0.3) is 0 Å². The Kier molecular flexibility index (Phi) is 3.73. The van der Waals surface area contributed by atoms with Crippen LogP contribution in [0.25, 0.3) is 10.9 Å². The number of hydrogen-bond donors (Lipinski definition) is 3. The summed E-state index contributed by atoms with van der Waals surface area (Å²) >= 11 is 0. The molecule has 19 heavy (non-hydrogen) atoms. The molecule has 2 rings (SSSR count). The van der Waals surface area contributed by atoms with Gasteiger partial charge in [-0.3, -0.25) is 4.79 Å². The molecule has 0 saturated heterocycles. The molecule has 1 aromatic heterocycles. The van der Waals surface area contributed by atoms with E-state index in [1.165, 1.54) is 6.07 Å². The molecular weight excluding hydrogens is 240 g/mol. The van der Waals surface area contributed by atoms with Gasteiger partial charge in [-0.2, -0.15) is 0 Å². The Bertz CT molecular complexity index is 626. The molecule has 0 aliphatic rings. The van der Waals surface area contributed by atoms with Gasteiger partial charge in [0.2, 0.25) is 5.56 Å². The monoisotopic (exact) mass is 260 g/mol. The highest BCUT2D eigenvalue weighted by Crippen LogP contribution is 2.22. The van der Waals surface area contributed by atoms with Crippen molar-refractivity contribution in [3.05, 3.63) is 46.2 Å². The van der Waals surface area contributed by atoms with Crippen LogP contribution in [0.4, 0.5) is 0 Å². The van der Waals surface area contributed by atoms with Crippen LogP contribution in [0.3, 0.4) is 0 Å². The molecule has 0 radical (unpaired) electrons. The Labute approximate surface area is 112 Å². The highest BCUT2D eigenvalue weighted by Gasteiger charge is 2.15. The summed E-state index contributed by atoms with van der Waals surface area (Å²) < 4.78 is 0. The van der Waals surface area contributed by atoms with E-state index < -0.39 is 6.10 Å². The lowest BCUT2D eigenvalue weighted by molar-refractivity contribution is 0.164. The van der Waals surface area contributed by atoms with Crippen molar-refractivity contribution < 1.29 is 5.11 Å². The van der Waals surface area contributed by atoms with Gasteiger partial charge in [-0.1, -0.05) is 12.1 Å². The average molecular weight is 260 g/mol. The number of hydrogen-bond acceptors (Lipinski definition) is 3. The maximum Gasteiger partial charge on any atom is 0.248 e. The van der Waals surface area contributed by atoms with E-state index in [1.807, 2.05) is 18.2 Å². The Balaban J connectivity index is 2.32. The summed E-state index contributed by atoms with van der Waals surface area (Å²) in [5, 5.41) is 14.5. The minimum Gasteiger partial charge on any atom is -0.387 e. The second-order valence-electron chi connectivity index (χ2n) is 5.78. The number of β-amino-alcohol motifs (C(OH)–C–C–N with tert-alkyl or cyclic N) is 1. The molecule has 0 saturated carbocycles. The van der Waals surface area contributed by atoms with E-state index in [2.05, 4.69) is 31.1 Å². The topological polar surface area (TPSA) is 65.1 Å². The minimum absolute atomic E-state index is 0.0418. The van der Waals surface area contributed by atoms with E-state index in [-0.39, 0.29) is 11.1 Å². The Morgan fingerprint density at radius 3 is 2.68 bits per heavy atom. The van der Waals surface area contributed by atoms with Crippen molar-refractivity contribution in [2.75, 3.05) is 6.54 Å². The van der Waals surface area contributed by atoms with Crippen molar-refractivity contribution in [3.63, 3.8) is 0 Å². The summed E-state index contributed by atoms with van der Waals surface area (Å²) in [6, 6.07) is 8.80. The number of pyridine rings is 1. The quantitative estimate of drug-likeness (QED) is 0.790. The van der Waals surface area contributed by atoms with Crippen LogP contribution in [0, 0.1) is 0 Å². The van der Waals surface area contributed by atoms with Crippen LogP contribution in [0.2, 0.25) is 0 Å². The molecule has 3 N–H and O–H groups in total. The lowest BCUT2D eigenvalue weighted by atomic mass is 10.0. The number of aliphatic hydroxyl groups excluding tert-OH is 1. The third-order valence-electron chi connectivity index (χ3n) is 2.98. The van der Waals surface area contributed by atoms with E-state index in [9.17, 15) is 9.90 Å². The second kappa shape index (κ2) is 5.15. The molecule has 0 amide bonds. The third kappa shape index (κ3) is 3.43. The van der Waals surface area contributed by atoms with Crippen molar-refractivity contribution in [1.29, 1.82) is 0 Å². The molecule has 1 unspecified atom stereocenters. The number of aromatic amines is 1. The summed E-state index contributed by atoms with van der Waals surface area (Å²) in [4.78, 5) is 14.1. The molecule has 0 fully saturated rings. The first kappa shape index (κ1) is 13.8.